The molecule has 1 aromatic heterocycles. The minimum absolute atomic E-state index is 0.0449. The van der Waals surface area contributed by atoms with E-state index in [2.05, 4.69) is 10.4 Å². The van der Waals surface area contributed by atoms with Gasteiger partial charge in [-0.15, -0.1) is 0 Å². The van der Waals surface area contributed by atoms with Gasteiger partial charge in [0.05, 0.1) is 12.6 Å². The van der Waals surface area contributed by atoms with Crippen LogP contribution in [0, 0.1) is 5.92 Å². The lowest BCUT2D eigenvalue weighted by atomic mass is 10.1. The summed E-state index contributed by atoms with van der Waals surface area (Å²) >= 11 is 0. The average molecular weight is 236 g/mol. The third-order valence-corrected chi connectivity index (χ3v) is 3.03. The molecule has 2 atom stereocenters. The minimum Gasteiger partial charge on any atom is -0.350 e. The van der Waals surface area contributed by atoms with Crippen molar-refractivity contribution >= 4 is 5.91 Å². The molecule has 0 bridgehead atoms. The second-order valence-corrected chi connectivity index (χ2v) is 4.92. The second-order valence-electron chi connectivity index (χ2n) is 4.92. The van der Waals surface area contributed by atoms with Crippen molar-refractivity contribution in [3.8, 4) is 0 Å². The fourth-order valence-corrected chi connectivity index (χ4v) is 1.90. The van der Waals surface area contributed by atoms with E-state index in [0.717, 1.165) is 6.42 Å². The Balaban J connectivity index is 1.73. The lowest BCUT2D eigenvalue weighted by molar-refractivity contribution is -0.123. The molecule has 17 heavy (non-hydrogen) atoms. The Labute approximate surface area is 101 Å². The number of nitrogens with two attached hydrogens (primary N) is 1. The number of nitrogens with one attached hydrogen (secondary N) is 1. The van der Waals surface area contributed by atoms with Gasteiger partial charge in [0, 0.05) is 18.4 Å². The molecule has 2 unspecified atom stereocenters. The molecule has 94 valence electrons. The number of carbonyl (C=O) groups is 1. The van der Waals surface area contributed by atoms with Crippen LogP contribution in [-0.4, -0.2) is 27.8 Å². The van der Waals surface area contributed by atoms with E-state index in [0.29, 0.717) is 12.5 Å². The Hall–Kier alpha value is -1.36. The SMILES string of the molecule is CC(Cn1cccn1)NC(=O)C(N)CC1CC1. The van der Waals surface area contributed by atoms with Crippen LogP contribution in [0.4, 0.5) is 0 Å². The highest BCUT2D eigenvalue weighted by Gasteiger charge is 2.27. The zero-order valence-electron chi connectivity index (χ0n) is 10.2. The highest BCUT2D eigenvalue weighted by Crippen LogP contribution is 2.33. The van der Waals surface area contributed by atoms with Crippen LogP contribution < -0.4 is 11.1 Å². The summed E-state index contributed by atoms with van der Waals surface area (Å²) in [6.45, 7) is 2.64. The van der Waals surface area contributed by atoms with Gasteiger partial charge in [-0.1, -0.05) is 12.8 Å². The van der Waals surface area contributed by atoms with Crippen LogP contribution in [0.25, 0.3) is 0 Å². The molecular weight excluding hydrogens is 216 g/mol. The molecule has 1 aliphatic rings. The van der Waals surface area contributed by atoms with E-state index in [1.807, 2.05) is 19.2 Å². The first-order valence-corrected chi connectivity index (χ1v) is 6.18. The molecule has 1 amide bonds. The lowest BCUT2D eigenvalue weighted by Gasteiger charge is -2.17. The summed E-state index contributed by atoms with van der Waals surface area (Å²) in [5, 5.41) is 7.03. The minimum atomic E-state index is -0.359. The van der Waals surface area contributed by atoms with E-state index in [4.69, 9.17) is 5.73 Å². The van der Waals surface area contributed by atoms with Crippen LogP contribution in [0.3, 0.4) is 0 Å². The van der Waals surface area contributed by atoms with Gasteiger partial charge in [0.25, 0.3) is 0 Å². The molecule has 3 N–H and O–H groups in total. The van der Waals surface area contributed by atoms with Gasteiger partial charge in [0.2, 0.25) is 5.91 Å². The molecular formula is C12H20N4O. The van der Waals surface area contributed by atoms with Crippen molar-refractivity contribution in [2.45, 2.75) is 44.8 Å². The summed E-state index contributed by atoms with van der Waals surface area (Å²) in [5.74, 6) is 0.633. The van der Waals surface area contributed by atoms with Gasteiger partial charge in [-0.3, -0.25) is 9.48 Å². The maximum Gasteiger partial charge on any atom is 0.237 e. The number of carbonyl (C=O) groups excluding carboxylic acids is 1. The largest absolute Gasteiger partial charge is 0.350 e. The molecule has 2 rings (SSSR count). The van der Waals surface area contributed by atoms with E-state index in [9.17, 15) is 4.79 Å². The summed E-state index contributed by atoms with van der Waals surface area (Å²) in [4.78, 5) is 11.8. The predicted octanol–water partition coefficient (Wildman–Crippen LogP) is 0.515. The van der Waals surface area contributed by atoms with E-state index in [1.165, 1.54) is 12.8 Å². The molecule has 5 nitrogen and oxygen atoms in total. The van der Waals surface area contributed by atoms with Gasteiger partial charge in [-0.2, -0.15) is 5.10 Å². The molecule has 1 saturated carbocycles. The molecule has 0 aromatic carbocycles. The summed E-state index contributed by atoms with van der Waals surface area (Å²) in [5.41, 5.74) is 5.85. The van der Waals surface area contributed by atoms with E-state index in [-0.39, 0.29) is 18.0 Å². The topological polar surface area (TPSA) is 72.9 Å². The number of aromatic nitrogens is 2. The Morgan fingerprint density at radius 1 is 1.65 bits per heavy atom. The van der Waals surface area contributed by atoms with Gasteiger partial charge in [0.15, 0.2) is 0 Å². The third-order valence-electron chi connectivity index (χ3n) is 3.03. The molecule has 1 aliphatic carbocycles. The van der Waals surface area contributed by atoms with Crippen molar-refractivity contribution in [1.82, 2.24) is 15.1 Å². The first kappa shape index (κ1) is 12.1. The summed E-state index contributed by atoms with van der Waals surface area (Å²) < 4.78 is 1.80. The van der Waals surface area contributed by atoms with Crippen molar-refractivity contribution in [2.75, 3.05) is 0 Å². The van der Waals surface area contributed by atoms with Gasteiger partial charge in [-0.05, 0) is 25.3 Å². The van der Waals surface area contributed by atoms with Crippen molar-refractivity contribution in [1.29, 1.82) is 0 Å². The van der Waals surface area contributed by atoms with E-state index in [1.54, 1.807) is 10.9 Å². The van der Waals surface area contributed by atoms with Crippen LogP contribution in [0.5, 0.6) is 0 Å². The second kappa shape index (κ2) is 5.31. The molecule has 1 heterocycles. The van der Waals surface area contributed by atoms with Gasteiger partial charge in [0.1, 0.15) is 0 Å². The number of amides is 1. The van der Waals surface area contributed by atoms with Crippen molar-refractivity contribution in [3.05, 3.63) is 18.5 Å². The van der Waals surface area contributed by atoms with Crippen LogP contribution >= 0.6 is 0 Å². The Kier molecular flexibility index (Phi) is 3.78. The number of hydrogen-bond acceptors (Lipinski definition) is 3. The summed E-state index contributed by atoms with van der Waals surface area (Å²) in [7, 11) is 0. The molecule has 0 saturated heterocycles. The zero-order chi connectivity index (χ0) is 12.3. The van der Waals surface area contributed by atoms with Crippen molar-refractivity contribution in [2.24, 2.45) is 11.7 Å². The van der Waals surface area contributed by atoms with Crippen LogP contribution in [0.1, 0.15) is 26.2 Å². The Morgan fingerprint density at radius 2 is 2.41 bits per heavy atom. The fraction of sp³-hybridized carbons (Fsp3) is 0.667. The standard InChI is InChI=1S/C12H20N4O/c1-9(8-16-6-2-5-14-16)15-12(17)11(13)7-10-3-4-10/h2,5-6,9-11H,3-4,7-8,13H2,1H3,(H,15,17). The maximum absolute atomic E-state index is 11.8. The summed E-state index contributed by atoms with van der Waals surface area (Å²) in [6, 6.07) is 1.56. The third kappa shape index (κ3) is 3.85. The first-order chi connectivity index (χ1) is 8.15. The van der Waals surface area contributed by atoms with Crippen molar-refractivity contribution in [3.63, 3.8) is 0 Å². The van der Waals surface area contributed by atoms with E-state index < -0.39 is 0 Å². The highest BCUT2D eigenvalue weighted by molar-refractivity contribution is 5.81. The Morgan fingerprint density at radius 3 is 3.00 bits per heavy atom. The molecule has 5 heteroatoms. The van der Waals surface area contributed by atoms with Crippen LogP contribution in [-0.2, 0) is 11.3 Å². The van der Waals surface area contributed by atoms with Gasteiger partial charge in [-0.25, -0.2) is 0 Å². The van der Waals surface area contributed by atoms with Crippen LogP contribution in [0.15, 0.2) is 18.5 Å². The number of hydrogen-bond donors (Lipinski definition) is 2. The Bertz CT molecular complexity index is 359. The van der Waals surface area contributed by atoms with Gasteiger partial charge < -0.3 is 11.1 Å². The normalized spacial score (nSPS) is 18.7. The first-order valence-electron chi connectivity index (χ1n) is 6.18. The number of nitrogens with zero attached hydrogens (tertiary/aromatic N) is 2. The van der Waals surface area contributed by atoms with Gasteiger partial charge >= 0.3 is 0 Å². The van der Waals surface area contributed by atoms with E-state index >= 15 is 0 Å². The smallest absolute Gasteiger partial charge is 0.237 e. The molecule has 0 aliphatic heterocycles. The molecule has 1 aromatic rings. The maximum atomic E-state index is 11.8. The molecule has 0 radical (unpaired) electrons. The van der Waals surface area contributed by atoms with Crippen LogP contribution in [0.2, 0.25) is 0 Å². The molecule has 1 fully saturated rings. The fourth-order valence-electron chi connectivity index (χ4n) is 1.90. The molecule has 0 spiro atoms. The lowest BCUT2D eigenvalue weighted by Crippen LogP contribution is -2.45. The predicted molar refractivity (Wildman–Crippen MR) is 65.1 cm³/mol. The number of rotatable bonds is 6. The summed E-state index contributed by atoms with van der Waals surface area (Å²) in [6.07, 6.45) is 6.88. The quantitative estimate of drug-likeness (QED) is 0.756. The monoisotopic (exact) mass is 236 g/mol. The zero-order valence-corrected chi connectivity index (χ0v) is 10.2. The average Bonchev–Trinajstić information content (AvgIpc) is 2.93. The van der Waals surface area contributed by atoms with Crippen molar-refractivity contribution < 1.29 is 4.79 Å². The highest BCUT2D eigenvalue weighted by atomic mass is 16.2.